The second-order valence-corrected chi connectivity index (χ2v) is 6.28. The largest absolute Gasteiger partial charge is 0.497 e. The molecule has 2 rings (SSSR count). The Morgan fingerprint density at radius 3 is 2.36 bits per heavy atom. The summed E-state index contributed by atoms with van der Waals surface area (Å²) in [5.74, 6) is 0.899. The number of rotatable bonds is 15. The zero-order valence-electron chi connectivity index (χ0n) is 16.5. The van der Waals surface area contributed by atoms with E-state index in [9.17, 15) is 0 Å². The average Bonchev–Trinajstić information content (AvgIpc) is 2.73. The van der Waals surface area contributed by atoms with E-state index < -0.39 is 0 Å². The molecule has 0 aliphatic carbocycles. The van der Waals surface area contributed by atoms with Crippen LogP contribution in [0.15, 0.2) is 23.3 Å². The smallest absolute Gasteiger partial charge is 0.119 e. The van der Waals surface area contributed by atoms with Gasteiger partial charge in [0.2, 0.25) is 0 Å². The molecule has 0 unspecified atom stereocenters. The standard InChI is InChI=1S/C19H30N4O5/c1-24-19-3-2-16-14-21-18(12-17(16)13-19)15-28-11-10-27-9-8-26-7-6-25-5-4-22-23-20/h2-3,13,18,21H,4-12,14-15H2,1H3/t18-/m1/s1. The number of nitrogens with zero attached hydrogens (tertiary/aromatic N) is 3. The second-order valence-electron chi connectivity index (χ2n) is 6.28. The molecule has 0 fully saturated rings. The summed E-state index contributed by atoms with van der Waals surface area (Å²) in [6.45, 7) is 5.39. The minimum atomic E-state index is 0.307. The molecule has 1 N–H and O–H groups in total. The summed E-state index contributed by atoms with van der Waals surface area (Å²) < 4.78 is 27.1. The van der Waals surface area contributed by atoms with Gasteiger partial charge in [0.15, 0.2) is 0 Å². The number of azide groups is 1. The average molecular weight is 394 g/mol. The van der Waals surface area contributed by atoms with E-state index >= 15 is 0 Å². The van der Waals surface area contributed by atoms with Crippen molar-refractivity contribution in [1.29, 1.82) is 0 Å². The Labute approximate surface area is 165 Å². The lowest BCUT2D eigenvalue weighted by Gasteiger charge is -2.26. The maximum atomic E-state index is 8.11. The molecule has 1 atom stereocenters. The Morgan fingerprint density at radius 2 is 1.68 bits per heavy atom. The van der Waals surface area contributed by atoms with Gasteiger partial charge in [-0.1, -0.05) is 11.2 Å². The summed E-state index contributed by atoms with van der Waals surface area (Å²) in [5, 5.41) is 6.87. The SMILES string of the molecule is COc1ccc2c(c1)C[C@H](COCCOCCOCCOCCN=[N+]=[N-])NC2. The van der Waals surface area contributed by atoms with Crippen LogP contribution < -0.4 is 10.1 Å². The van der Waals surface area contributed by atoms with Crippen molar-refractivity contribution >= 4 is 0 Å². The predicted molar refractivity (Wildman–Crippen MR) is 105 cm³/mol. The first-order valence-corrected chi connectivity index (χ1v) is 9.54. The monoisotopic (exact) mass is 394 g/mol. The van der Waals surface area contributed by atoms with Crippen LogP contribution in [0.2, 0.25) is 0 Å². The van der Waals surface area contributed by atoms with E-state index in [0.29, 0.717) is 65.4 Å². The number of nitrogens with one attached hydrogen (secondary N) is 1. The predicted octanol–water partition coefficient (Wildman–Crippen LogP) is 2.09. The van der Waals surface area contributed by atoms with Crippen LogP contribution in [0, 0.1) is 0 Å². The molecular weight excluding hydrogens is 364 g/mol. The van der Waals surface area contributed by atoms with Gasteiger partial charge in [0.05, 0.1) is 60.0 Å². The van der Waals surface area contributed by atoms with Gasteiger partial charge < -0.3 is 29.0 Å². The highest BCUT2D eigenvalue weighted by atomic mass is 16.6. The maximum Gasteiger partial charge on any atom is 0.119 e. The fraction of sp³-hybridized carbons (Fsp3) is 0.684. The summed E-state index contributed by atoms with van der Waals surface area (Å²) in [7, 11) is 1.69. The number of ether oxygens (including phenoxy) is 5. The van der Waals surface area contributed by atoms with Gasteiger partial charge >= 0.3 is 0 Å². The number of methoxy groups -OCH3 is 1. The molecule has 156 valence electrons. The third-order valence-electron chi connectivity index (χ3n) is 4.29. The number of hydrogen-bond acceptors (Lipinski definition) is 7. The molecule has 0 radical (unpaired) electrons. The Bertz CT molecular complexity index is 610. The van der Waals surface area contributed by atoms with Crippen LogP contribution >= 0.6 is 0 Å². The third-order valence-corrected chi connectivity index (χ3v) is 4.29. The molecule has 9 heteroatoms. The highest BCUT2D eigenvalue weighted by Crippen LogP contribution is 2.22. The van der Waals surface area contributed by atoms with Gasteiger partial charge in [-0.3, -0.25) is 0 Å². The minimum Gasteiger partial charge on any atom is -0.497 e. The van der Waals surface area contributed by atoms with Crippen LogP contribution in [0.1, 0.15) is 11.1 Å². The molecular formula is C19H30N4O5. The Morgan fingerprint density at radius 1 is 1.00 bits per heavy atom. The van der Waals surface area contributed by atoms with Crippen LogP contribution in [0.3, 0.4) is 0 Å². The fourth-order valence-corrected chi connectivity index (χ4v) is 2.84. The number of fused-ring (bicyclic) bond motifs is 1. The zero-order chi connectivity index (χ0) is 19.9. The van der Waals surface area contributed by atoms with Crippen molar-refractivity contribution in [3.63, 3.8) is 0 Å². The maximum absolute atomic E-state index is 8.11. The lowest BCUT2D eigenvalue weighted by atomic mass is 9.96. The first-order chi connectivity index (χ1) is 13.8. The van der Waals surface area contributed by atoms with Crippen molar-refractivity contribution in [2.45, 2.75) is 19.0 Å². The van der Waals surface area contributed by atoms with E-state index in [1.807, 2.05) is 6.07 Å². The van der Waals surface area contributed by atoms with Crippen molar-refractivity contribution in [1.82, 2.24) is 5.32 Å². The first kappa shape index (κ1) is 22.4. The highest BCUT2D eigenvalue weighted by molar-refractivity contribution is 5.37. The number of benzene rings is 1. The first-order valence-electron chi connectivity index (χ1n) is 9.54. The van der Waals surface area contributed by atoms with Gasteiger partial charge in [0, 0.05) is 24.0 Å². The van der Waals surface area contributed by atoms with Gasteiger partial charge in [-0.2, -0.15) is 0 Å². The van der Waals surface area contributed by atoms with Crippen molar-refractivity contribution < 1.29 is 23.7 Å². The molecule has 0 aromatic heterocycles. The van der Waals surface area contributed by atoms with E-state index in [-0.39, 0.29) is 0 Å². The van der Waals surface area contributed by atoms with Gasteiger partial charge in [-0.15, -0.1) is 0 Å². The third kappa shape index (κ3) is 8.88. The van der Waals surface area contributed by atoms with E-state index in [0.717, 1.165) is 18.7 Å². The normalized spacial score (nSPS) is 15.7. The quantitative estimate of drug-likeness (QED) is 0.211. The molecule has 1 heterocycles. The summed E-state index contributed by atoms with van der Waals surface area (Å²) in [4.78, 5) is 2.65. The van der Waals surface area contributed by atoms with E-state index in [1.54, 1.807) is 7.11 Å². The topological polar surface area (TPSA) is 107 Å². The lowest BCUT2D eigenvalue weighted by Crippen LogP contribution is -2.39. The van der Waals surface area contributed by atoms with Crippen molar-refractivity contribution in [2.75, 3.05) is 66.5 Å². The van der Waals surface area contributed by atoms with Crippen molar-refractivity contribution in [3.8, 4) is 5.75 Å². The van der Waals surface area contributed by atoms with Gasteiger partial charge in [-0.05, 0) is 35.2 Å². The van der Waals surface area contributed by atoms with Gasteiger partial charge in [0.1, 0.15) is 5.75 Å². The summed E-state index contributed by atoms with van der Waals surface area (Å²) in [6.07, 6.45) is 0.937. The zero-order valence-corrected chi connectivity index (χ0v) is 16.5. The second kappa shape index (κ2) is 14.2. The molecule has 1 aromatic carbocycles. The molecule has 28 heavy (non-hydrogen) atoms. The Balaban J connectivity index is 1.41. The van der Waals surface area contributed by atoms with E-state index in [2.05, 4.69) is 27.5 Å². The molecule has 0 saturated carbocycles. The highest BCUT2D eigenvalue weighted by Gasteiger charge is 2.18. The van der Waals surface area contributed by atoms with Crippen LogP contribution in [-0.4, -0.2) is 72.6 Å². The summed E-state index contributed by atoms with van der Waals surface area (Å²) >= 11 is 0. The fourth-order valence-electron chi connectivity index (χ4n) is 2.84. The summed E-state index contributed by atoms with van der Waals surface area (Å²) in [6, 6.07) is 6.53. The van der Waals surface area contributed by atoms with Crippen LogP contribution in [0.5, 0.6) is 5.75 Å². The molecule has 0 spiro atoms. The molecule has 0 amide bonds. The van der Waals surface area contributed by atoms with Crippen molar-refractivity contribution in [2.24, 2.45) is 5.11 Å². The molecule has 1 aromatic rings. The summed E-state index contributed by atoms with van der Waals surface area (Å²) in [5.41, 5.74) is 10.8. The lowest BCUT2D eigenvalue weighted by molar-refractivity contribution is -0.00357. The van der Waals surface area contributed by atoms with Gasteiger partial charge in [-0.25, -0.2) is 0 Å². The molecule has 1 aliphatic rings. The van der Waals surface area contributed by atoms with Crippen LogP contribution in [0.4, 0.5) is 0 Å². The number of hydrogen-bond donors (Lipinski definition) is 1. The van der Waals surface area contributed by atoms with E-state index in [1.165, 1.54) is 11.1 Å². The molecule has 0 bridgehead atoms. The Hall–Kier alpha value is -1.87. The minimum absolute atomic E-state index is 0.307. The molecule has 9 nitrogen and oxygen atoms in total. The Kier molecular flexibility index (Phi) is 11.3. The molecule has 1 aliphatic heterocycles. The van der Waals surface area contributed by atoms with Crippen LogP contribution in [0.25, 0.3) is 10.4 Å². The molecule has 0 saturated heterocycles. The van der Waals surface area contributed by atoms with Gasteiger partial charge in [0.25, 0.3) is 0 Å². The van der Waals surface area contributed by atoms with E-state index in [4.69, 9.17) is 29.2 Å². The van der Waals surface area contributed by atoms with Crippen LogP contribution in [-0.2, 0) is 31.9 Å². The van der Waals surface area contributed by atoms with Crippen molar-refractivity contribution in [3.05, 3.63) is 39.8 Å².